The molecule has 0 saturated heterocycles. The highest BCUT2D eigenvalue weighted by Gasteiger charge is 2.48. The van der Waals surface area contributed by atoms with Crippen LogP contribution in [0.15, 0.2) is 41.8 Å². The highest BCUT2D eigenvalue weighted by molar-refractivity contribution is 7.10. The number of aromatic hydroxyl groups is 1. The number of fused-ring (bicyclic) bond motifs is 1. The Hall–Kier alpha value is -2.72. The summed E-state index contributed by atoms with van der Waals surface area (Å²) in [6.07, 6.45) is -4.84. The Morgan fingerprint density at radius 3 is 2.79 bits per heavy atom. The topological polar surface area (TPSA) is 79.2 Å². The van der Waals surface area contributed by atoms with Crippen molar-refractivity contribution in [3.8, 4) is 5.75 Å². The first-order valence-corrected chi connectivity index (χ1v) is 9.75. The first-order valence-electron chi connectivity index (χ1n) is 8.49. The fraction of sp³-hybridized carbons (Fsp3) is 0.222. The van der Waals surface area contributed by atoms with Gasteiger partial charge in [0.2, 0.25) is 0 Å². The number of rotatable bonds is 3. The average molecular weight is 443 g/mol. The van der Waals surface area contributed by atoms with Gasteiger partial charge in [-0.05, 0) is 23.6 Å². The van der Waals surface area contributed by atoms with Gasteiger partial charge in [-0.15, -0.1) is 11.3 Å². The van der Waals surface area contributed by atoms with Crippen LogP contribution < -0.4 is 10.6 Å². The maximum atomic E-state index is 13.7. The lowest BCUT2D eigenvalue weighted by molar-refractivity contribution is -0.173. The van der Waals surface area contributed by atoms with Crippen LogP contribution in [0, 0.1) is 0 Å². The van der Waals surface area contributed by atoms with Crippen molar-refractivity contribution in [2.45, 2.75) is 24.7 Å². The molecule has 2 atom stereocenters. The zero-order valence-corrected chi connectivity index (χ0v) is 16.1. The molecule has 0 unspecified atom stereocenters. The van der Waals surface area contributed by atoms with Gasteiger partial charge in [0.15, 0.2) is 11.7 Å². The van der Waals surface area contributed by atoms with E-state index in [-0.39, 0.29) is 34.4 Å². The van der Waals surface area contributed by atoms with E-state index in [0.29, 0.717) is 0 Å². The van der Waals surface area contributed by atoms with Crippen LogP contribution in [0.25, 0.3) is 0 Å². The average Bonchev–Trinajstić information content (AvgIpc) is 3.29. The number of amides is 1. The van der Waals surface area contributed by atoms with Gasteiger partial charge in [-0.3, -0.25) is 4.79 Å². The molecule has 3 aromatic rings. The van der Waals surface area contributed by atoms with Gasteiger partial charge in [0.25, 0.3) is 5.91 Å². The standard InChI is InChI=1S/C18H14ClF3N4O2S/c19-14-15(17(28)23-9-3-1-4-10(27)7-9)25-26-13(18(20,21)22)8-11(24-16(14)26)12-5-2-6-29-12/h1-7,11,13,24,27H,8H2,(H,23,28)/t11-,13+/m1/s1. The van der Waals surface area contributed by atoms with Gasteiger partial charge in [0.1, 0.15) is 16.6 Å². The number of anilines is 2. The lowest BCUT2D eigenvalue weighted by atomic mass is 10.0. The van der Waals surface area contributed by atoms with Gasteiger partial charge in [0, 0.05) is 23.1 Å². The number of thiophene rings is 1. The minimum atomic E-state index is -4.57. The molecule has 0 spiro atoms. The van der Waals surface area contributed by atoms with Crippen molar-refractivity contribution in [2.24, 2.45) is 0 Å². The number of nitrogens with one attached hydrogen (secondary N) is 2. The van der Waals surface area contributed by atoms with Crippen molar-refractivity contribution < 1.29 is 23.1 Å². The van der Waals surface area contributed by atoms with Crippen molar-refractivity contribution in [2.75, 3.05) is 10.6 Å². The number of phenols is 1. The van der Waals surface area contributed by atoms with Gasteiger partial charge >= 0.3 is 6.18 Å². The molecule has 1 aliphatic rings. The first kappa shape index (κ1) is 19.6. The number of phenolic OH excluding ortho intramolecular Hbond substituents is 1. The molecule has 1 aromatic carbocycles. The quantitative estimate of drug-likeness (QED) is 0.520. The highest BCUT2D eigenvalue weighted by atomic mass is 35.5. The molecule has 152 valence electrons. The van der Waals surface area contributed by atoms with E-state index in [9.17, 15) is 23.1 Å². The largest absolute Gasteiger partial charge is 0.508 e. The molecule has 1 amide bonds. The number of nitrogens with zero attached hydrogens (tertiary/aromatic N) is 2. The number of aromatic nitrogens is 2. The summed E-state index contributed by atoms with van der Waals surface area (Å²) in [5.74, 6) is -0.909. The normalized spacial score (nSPS) is 18.8. The number of hydrogen-bond donors (Lipinski definition) is 3. The number of carbonyl (C=O) groups is 1. The lowest BCUT2D eigenvalue weighted by Crippen LogP contribution is -2.35. The molecule has 6 nitrogen and oxygen atoms in total. The number of hydrogen-bond acceptors (Lipinski definition) is 5. The highest BCUT2D eigenvalue weighted by Crippen LogP contribution is 2.46. The summed E-state index contributed by atoms with van der Waals surface area (Å²) in [5, 5.41) is 20.4. The van der Waals surface area contributed by atoms with E-state index in [1.165, 1.54) is 35.6 Å². The Morgan fingerprint density at radius 2 is 2.14 bits per heavy atom. The Morgan fingerprint density at radius 1 is 1.34 bits per heavy atom. The zero-order chi connectivity index (χ0) is 20.8. The minimum absolute atomic E-state index is 0.0558. The van der Waals surface area contributed by atoms with Gasteiger partial charge < -0.3 is 15.7 Å². The van der Waals surface area contributed by atoms with Crippen LogP contribution in [0.5, 0.6) is 5.75 Å². The molecule has 0 bridgehead atoms. The summed E-state index contributed by atoms with van der Waals surface area (Å²) in [6.45, 7) is 0. The van der Waals surface area contributed by atoms with Crippen molar-refractivity contribution in [3.63, 3.8) is 0 Å². The summed E-state index contributed by atoms with van der Waals surface area (Å²) in [6, 6.07) is 6.71. The number of halogens is 4. The summed E-state index contributed by atoms with van der Waals surface area (Å²) in [4.78, 5) is 13.3. The Kier molecular flexibility index (Phi) is 4.91. The van der Waals surface area contributed by atoms with Gasteiger partial charge in [0.05, 0.1) is 6.04 Å². The molecule has 29 heavy (non-hydrogen) atoms. The lowest BCUT2D eigenvalue weighted by Gasteiger charge is -2.32. The van der Waals surface area contributed by atoms with E-state index in [1.807, 2.05) is 0 Å². The number of carbonyl (C=O) groups excluding carboxylic acids is 1. The number of alkyl halides is 3. The first-order chi connectivity index (χ1) is 13.7. The second-order valence-electron chi connectivity index (χ2n) is 6.47. The molecule has 3 N–H and O–H groups in total. The molecular formula is C18H14ClF3N4O2S. The van der Waals surface area contributed by atoms with Crippen LogP contribution in [-0.2, 0) is 0 Å². The van der Waals surface area contributed by atoms with Crippen LogP contribution in [0.4, 0.5) is 24.7 Å². The third-order valence-corrected chi connectivity index (χ3v) is 5.85. The van der Waals surface area contributed by atoms with Crippen LogP contribution in [0.2, 0.25) is 5.02 Å². The van der Waals surface area contributed by atoms with Crippen molar-refractivity contribution in [1.29, 1.82) is 0 Å². The van der Waals surface area contributed by atoms with Crippen molar-refractivity contribution >= 4 is 40.4 Å². The van der Waals surface area contributed by atoms with E-state index in [2.05, 4.69) is 15.7 Å². The Balaban J connectivity index is 1.70. The second kappa shape index (κ2) is 7.27. The van der Waals surface area contributed by atoms with E-state index in [1.54, 1.807) is 17.5 Å². The Labute approximate surface area is 171 Å². The van der Waals surface area contributed by atoms with E-state index >= 15 is 0 Å². The predicted octanol–water partition coefficient (Wildman–Crippen LogP) is 5.22. The molecule has 1 aliphatic heterocycles. The molecule has 0 aliphatic carbocycles. The van der Waals surface area contributed by atoms with E-state index in [4.69, 9.17) is 11.6 Å². The van der Waals surface area contributed by atoms with Crippen LogP contribution in [0.3, 0.4) is 0 Å². The van der Waals surface area contributed by atoms with Gasteiger partial charge in [-0.2, -0.15) is 18.3 Å². The van der Waals surface area contributed by atoms with Crippen LogP contribution in [-0.4, -0.2) is 27.0 Å². The monoisotopic (exact) mass is 442 g/mol. The summed E-state index contributed by atoms with van der Waals surface area (Å²) >= 11 is 7.59. The third-order valence-electron chi connectivity index (χ3n) is 4.50. The molecule has 11 heteroatoms. The van der Waals surface area contributed by atoms with E-state index < -0.39 is 24.2 Å². The summed E-state index contributed by atoms with van der Waals surface area (Å²) < 4.78 is 41.9. The molecular weight excluding hydrogens is 429 g/mol. The molecule has 0 radical (unpaired) electrons. The predicted molar refractivity (Wildman–Crippen MR) is 104 cm³/mol. The van der Waals surface area contributed by atoms with Crippen LogP contribution in [0.1, 0.15) is 33.9 Å². The van der Waals surface area contributed by atoms with Crippen LogP contribution >= 0.6 is 22.9 Å². The molecule has 3 heterocycles. The van der Waals surface area contributed by atoms with Crippen molar-refractivity contribution in [3.05, 3.63) is 57.4 Å². The van der Waals surface area contributed by atoms with Gasteiger partial charge in [-0.25, -0.2) is 4.68 Å². The molecule has 0 fully saturated rings. The van der Waals surface area contributed by atoms with Crippen molar-refractivity contribution in [1.82, 2.24) is 9.78 Å². The molecule has 0 saturated carbocycles. The van der Waals surface area contributed by atoms with E-state index in [0.717, 1.165) is 9.56 Å². The number of benzene rings is 1. The fourth-order valence-corrected chi connectivity index (χ4v) is 4.24. The summed E-state index contributed by atoms with van der Waals surface area (Å²) in [7, 11) is 0. The molecule has 2 aromatic heterocycles. The second-order valence-corrected chi connectivity index (χ2v) is 7.82. The SMILES string of the molecule is O=C(Nc1cccc(O)c1)c1nn2c(c1Cl)N[C@@H](c1cccs1)C[C@H]2C(F)(F)F. The van der Waals surface area contributed by atoms with Gasteiger partial charge in [-0.1, -0.05) is 23.7 Å². The third kappa shape index (κ3) is 3.77. The fourth-order valence-electron chi connectivity index (χ4n) is 3.18. The zero-order valence-electron chi connectivity index (χ0n) is 14.6. The summed E-state index contributed by atoms with van der Waals surface area (Å²) in [5.41, 5.74) is -0.0765. The molecule has 4 rings (SSSR count). The smallest absolute Gasteiger partial charge is 0.410 e. The minimum Gasteiger partial charge on any atom is -0.508 e. The maximum Gasteiger partial charge on any atom is 0.410 e. The maximum absolute atomic E-state index is 13.7. The Bertz CT molecular complexity index is 1050.